The largest absolute Gasteiger partial charge is 0.349 e. The number of rotatable bonds is 0. The first-order valence-corrected chi connectivity index (χ1v) is 7.71. The second-order valence-electron chi connectivity index (χ2n) is 7.22. The Balaban J connectivity index is 1.81. The highest BCUT2D eigenvalue weighted by Gasteiger charge is 2.67. The minimum atomic E-state index is -0.627. The van der Waals surface area contributed by atoms with Crippen molar-refractivity contribution in [3.63, 3.8) is 0 Å². The Morgan fingerprint density at radius 3 is 2.58 bits per heavy atom. The van der Waals surface area contributed by atoms with Gasteiger partial charge < -0.3 is 9.47 Å². The molecule has 4 heteroatoms. The van der Waals surface area contributed by atoms with Crippen LogP contribution in [0.5, 0.6) is 0 Å². The predicted octanol–water partition coefficient (Wildman–Crippen LogP) is 2.87. The molecule has 3 unspecified atom stereocenters. The van der Waals surface area contributed by atoms with Gasteiger partial charge >= 0.3 is 0 Å². The van der Waals surface area contributed by atoms with Gasteiger partial charge in [0.05, 0.1) is 6.61 Å². The van der Waals surface area contributed by atoms with Crippen LogP contribution in [0, 0.1) is 23.7 Å². The minimum absolute atomic E-state index is 0.248. The van der Waals surface area contributed by atoms with Gasteiger partial charge in [0.15, 0.2) is 11.9 Å². The first kappa shape index (κ1) is 12.6. The van der Waals surface area contributed by atoms with Crippen molar-refractivity contribution in [1.82, 2.24) is 0 Å². The fourth-order valence-electron chi connectivity index (χ4n) is 4.88. The highest BCUT2D eigenvalue weighted by Crippen LogP contribution is 2.59. The Kier molecular flexibility index (Phi) is 2.61. The smallest absolute Gasteiger partial charge is 0.201 e. The summed E-state index contributed by atoms with van der Waals surface area (Å²) in [6, 6.07) is 0. The summed E-state index contributed by atoms with van der Waals surface area (Å²) in [5.41, 5.74) is -0.370. The van der Waals surface area contributed by atoms with Gasteiger partial charge in [-0.2, -0.15) is 0 Å². The Morgan fingerprint density at radius 2 is 1.74 bits per heavy atom. The molecular formula is C15H24O4. The predicted molar refractivity (Wildman–Crippen MR) is 67.9 cm³/mol. The van der Waals surface area contributed by atoms with Gasteiger partial charge in [-0.3, -0.25) is 0 Å². The van der Waals surface area contributed by atoms with Crippen LogP contribution in [0.1, 0.15) is 46.5 Å². The summed E-state index contributed by atoms with van der Waals surface area (Å²) in [5.74, 6) is 1.53. The van der Waals surface area contributed by atoms with Gasteiger partial charge in [0, 0.05) is 12.3 Å². The van der Waals surface area contributed by atoms with Crippen LogP contribution >= 0.6 is 0 Å². The summed E-state index contributed by atoms with van der Waals surface area (Å²) in [6.45, 7) is 7.36. The monoisotopic (exact) mass is 268 g/mol. The highest BCUT2D eigenvalue weighted by molar-refractivity contribution is 5.08. The van der Waals surface area contributed by atoms with Crippen LogP contribution in [0.2, 0.25) is 0 Å². The first-order chi connectivity index (χ1) is 9.05. The van der Waals surface area contributed by atoms with Crippen molar-refractivity contribution in [3.05, 3.63) is 0 Å². The number of hydrogen-bond donors (Lipinski definition) is 0. The lowest BCUT2D eigenvalue weighted by molar-refractivity contribution is -0.566. The summed E-state index contributed by atoms with van der Waals surface area (Å²) >= 11 is 0. The quantitative estimate of drug-likeness (QED) is 0.633. The van der Waals surface area contributed by atoms with E-state index in [9.17, 15) is 0 Å². The third kappa shape index (κ3) is 1.54. The van der Waals surface area contributed by atoms with Crippen molar-refractivity contribution in [1.29, 1.82) is 0 Å². The molecular weight excluding hydrogens is 244 g/mol. The number of fused-ring (bicyclic) bond motifs is 2. The SMILES string of the molecule is CC1CO[C@@H]2O[C@]3(C)CC[C@H]4[C@H](C)CCC1C24OO3. The second-order valence-corrected chi connectivity index (χ2v) is 7.22. The zero-order valence-electron chi connectivity index (χ0n) is 12.1. The van der Waals surface area contributed by atoms with E-state index in [2.05, 4.69) is 13.8 Å². The fraction of sp³-hybridized carbons (Fsp3) is 1.00. The topological polar surface area (TPSA) is 36.9 Å². The van der Waals surface area contributed by atoms with Crippen molar-refractivity contribution in [2.24, 2.45) is 23.7 Å². The molecule has 0 aromatic carbocycles. The zero-order chi connectivity index (χ0) is 13.3. The first-order valence-electron chi connectivity index (χ1n) is 7.71. The van der Waals surface area contributed by atoms with Crippen molar-refractivity contribution in [2.45, 2.75) is 64.1 Å². The highest BCUT2D eigenvalue weighted by atomic mass is 17.3. The van der Waals surface area contributed by atoms with Crippen LogP contribution in [0.25, 0.3) is 0 Å². The molecule has 0 aromatic heterocycles. The molecule has 1 aliphatic carbocycles. The maximum atomic E-state index is 6.16. The third-order valence-electron chi connectivity index (χ3n) is 5.97. The third-order valence-corrected chi connectivity index (χ3v) is 5.97. The van der Waals surface area contributed by atoms with Gasteiger partial charge in [0.1, 0.15) is 0 Å². The number of ether oxygens (including phenoxy) is 2. The molecule has 5 aliphatic rings. The summed E-state index contributed by atoms with van der Waals surface area (Å²) in [5, 5.41) is 0. The van der Waals surface area contributed by atoms with Gasteiger partial charge in [0.25, 0.3) is 0 Å². The molecule has 4 heterocycles. The van der Waals surface area contributed by atoms with Crippen molar-refractivity contribution in [3.8, 4) is 0 Å². The molecule has 5 fully saturated rings. The van der Waals surface area contributed by atoms with E-state index >= 15 is 0 Å². The van der Waals surface area contributed by atoms with E-state index in [4.69, 9.17) is 19.2 Å². The van der Waals surface area contributed by atoms with Crippen LogP contribution in [-0.4, -0.2) is 24.3 Å². The molecule has 0 amide bonds. The van der Waals surface area contributed by atoms with Crippen LogP contribution < -0.4 is 0 Å². The van der Waals surface area contributed by atoms with E-state index in [0.29, 0.717) is 23.7 Å². The van der Waals surface area contributed by atoms with Crippen LogP contribution in [0.3, 0.4) is 0 Å². The maximum Gasteiger partial charge on any atom is 0.201 e. The standard InChI is InChI=1S/C15H24O4/c1-9-4-5-11-10(2)8-16-13-15(11)12(9)6-7-14(3,17-13)18-19-15/h9-13H,4-8H2,1-3H3/t9-,10?,11?,12+,13-,14+,15?/m1/s1. The fourth-order valence-corrected chi connectivity index (χ4v) is 4.88. The van der Waals surface area contributed by atoms with Gasteiger partial charge in [0.2, 0.25) is 5.79 Å². The van der Waals surface area contributed by atoms with Crippen LogP contribution in [0.4, 0.5) is 0 Å². The summed E-state index contributed by atoms with van der Waals surface area (Å²) in [6.07, 6.45) is 4.24. The lowest BCUT2D eigenvalue weighted by Crippen LogP contribution is -2.68. The maximum absolute atomic E-state index is 6.16. The van der Waals surface area contributed by atoms with E-state index < -0.39 is 5.79 Å². The van der Waals surface area contributed by atoms with E-state index in [1.165, 1.54) is 12.8 Å². The summed E-state index contributed by atoms with van der Waals surface area (Å²) < 4.78 is 12.2. The molecule has 1 spiro atoms. The molecule has 4 aliphatic heterocycles. The van der Waals surface area contributed by atoms with Gasteiger partial charge in [-0.15, -0.1) is 0 Å². The van der Waals surface area contributed by atoms with E-state index in [0.717, 1.165) is 19.4 Å². The summed E-state index contributed by atoms with van der Waals surface area (Å²) in [7, 11) is 0. The lowest BCUT2D eigenvalue weighted by Gasteiger charge is -2.58. The molecule has 4 saturated heterocycles. The Bertz CT molecular complexity index is 386. The van der Waals surface area contributed by atoms with E-state index in [1.54, 1.807) is 0 Å². The molecule has 7 atom stereocenters. The molecule has 2 bridgehead atoms. The Labute approximate surface area is 114 Å². The van der Waals surface area contributed by atoms with E-state index in [1.807, 2.05) is 6.92 Å². The van der Waals surface area contributed by atoms with Crippen LogP contribution in [0.15, 0.2) is 0 Å². The lowest BCUT2D eigenvalue weighted by atomic mass is 9.58. The minimum Gasteiger partial charge on any atom is -0.349 e. The van der Waals surface area contributed by atoms with Gasteiger partial charge in [-0.05, 0) is 43.9 Å². The normalized spacial score (nSPS) is 60.5. The van der Waals surface area contributed by atoms with Gasteiger partial charge in [-0.1, -0.05) is 13.8 Å². The van der Waals surface area contributed by atoms with E-state index in [-0.39, 0.29) is 11.9 Å². The van der Waals surface area contributed by atoms with Crippen LogP contribution in [-0.2, 0) is 19.2 Å². The summed E-state index contributed by atoms with van der Waals surface area (Å²) in [4.78, 5) is 11.7. The molecule has 1 saturated carbocycles. The average molecular weight is 268 g/mol. The molecule has 4 nitrogen and oxygen atoms in total. The average Bonchev–Trinajstić information content (AvgIpc) is 2.61. The molecule has 108 valence electrons. The number of hydrogen-bond acceptors (Lipinski definition) is 4. The molecule has 0 aromatic rings. The van der Waals surface area contributed by atoms with Crippen molar-refractivity contribution >= 4 is 0 Å². The van der Waals surface area contributed by atoms with Gasteiger partial charge in [-0.25, -0.2) is 9.78 Å². The Hall–Kier alpha value is -0.160. The molecule has 19 heavy (non-hydrogen) atoms. The molecule has 5 rings (SSSR count). The molecule has 0 N–H and O–H groups in total. The van der Waals surface area contributed by atoms with Crippen molar-refractivity contribution < 1.29 is 19.2 Å². The van der Waals surface area contributed by atoms with Crippen molar-refractivity contribution in [2.75, 3.05) is 6.61 Å². The Morgan fingerprint density at radius 1 is 0.947 bits per heavy atom. The second kappa shape index (κ2) is 3.94. The molecule has 0 radical (unpaired) electrons. The zero-order valence-corrected chi connectivity index (χ0v) is 12.1.